The third-order valence-corrected chi connectivity index (χ3v) is 5.61. The van der Waals surface area contributed by atoms with Crippen molar-refractivity contribution in [3.8, 4) is 5.75 Å². The Morgan fingerprint density at radius 3 is 2.33 bits per heavy atom. The van der Waals surface area contributed by atoms with Crippen LogP contribution in [-0.4, -0.2) is 18.1 Å². The minimum Gasteiger partial charge on any atom is -0.459 e. The molecule has 0 radical (unpaired) electrons. The minimum atomic E-state index is -3.82. The molecule has 0 saturated heterocycles. The van der Waals surface area contributed by atoms with Gasteiger partial charge < -0.3 is 9.26 Å². The Balaban J connectivity index is 2.06. The number of carbonyl (C=O) groups excluding carboxylic acids is 1. The maximum Gasteiger partial charge on any atom is 0.459 e. The normalized spacial score (nSPS) is 13.6. The largest absolute Gasteiger partial charge is 0.459 e. The molecule has 0 aromatic heterocycles. The van der Waals surface area contributed by atoms with E-state index in [2.05, 4.69) is 5.09 Å². The third-order valence-electron chi connectivity index (χ3n) is 3.48. The molecule has 0 aliphatic rings. The fourth-order valence-electron chi connectivity index (χ4n) is 2.18. The van der Waals surface area contributed by atoms with E-state index in [0.717, 1.165) is 5.56 Å². The predicted octanol–water partition coefficient (Wildman–Crippen LogP) is 4.98. The van der Waals surface area contributed by atoms with E-state index in [0.29, 0.717) is 10.8 Å². The molecule has 27 heavy (non-hydrogen) atoms. The summed E-state index contributed by atoms with van der Waals surface area (Å²) in [7, 11) is -3.82. The van der Waals surface area contributed by atoms with E-state index in [1.807, 2.05) is 30.3 Å². The average Bonchev–Trinajstić information content (AvgIpc) is 2.62. The van der Waals surface area contributed by atoms with Crippen LogP contribution in [0.3, 0.4) is 0 Å². The van der Waals surface area contributed by atoms with Gasteiger partial charge in [0, 0.05) is 5.02 Å². The van der Waals surface area contributed by atoms with E-state index in [1.165, 1.54) is 0 Å². The molecule has 0 bridgehead atoms. The Kier molecular flexibility index (Phi) is 7.45. The molecule has 6 nitrogen and oxygen atoms in total. The summed E-state index contributed by atoms with van der Waals surface area (Å²) in [5, 5.41) is 3.19. The first-order valence-corrected chi connectivity index (χ1v) is 10.4. The maximum absolute atomic E-state index is 13.1. The quantitative estimate of drug-likeness (QED) is 0.463. The highest BCUT2D eigenvalue weighted by Crippen LogP contribution is 2.46. The van der Waals surface area contributed by atoms with E-state index < -0.39 is 19.3 Å². The number of nitrogens with one attached hydrogen (secondary N) is 1. The molecule has 2 aromatic rings. The summed E-state index contributed by atoms with van der Waals surface area (Å²) < 4.78 is 29.2. The van der Waals surface area contributed by atoms with Crippen LogP contribution < -0.4 is 9.61 Å². The maximum atomic E-state index is 13.1. The van der Waals surface area contributed by atoms with Crippen molar-refractivity contribution in [2.75, 3.05) is 6.61 Å². The first-order chi connectivity index (χ1) is 12.7. The van der Waals surface area contributed by atoms with Crippen molar-refractivity contribution < 1.29 is 23.1 Å². The SMILES string of the molecule is CCOP(=O)(NC(C)(C)C(=O)OCc1ccccc1)Oc1ccc(Cl)cc1. The Hall–Kier alpha value is -1.85. The Labute approximate surface area is 164 Å². The summed E-state index contributed by atoms with van der Waals surface area (Å²) in [6, 6.07) is 15.6. The molecule has 0 spiro atoms. The van der Waals surface area contributed by atoms with Gasteiger partial charge in [-0.05, 0) is 50.6 Å². The van der Waals surface area contributed by atoms with Crippen molar-refractivity contribution in [1.82, 2.24) is 5.09 Å². The Morgan fingerprint density at radius 2 is 1.74 bits per heavy atom. The topological polar surface area (TPSA) is 73.9 Å². The lowest BCUT2D eigenvalue weighted by atomic mass is 10.1. The van der Waals surface area contributed by atoms with Crippen LogP contribution in [0.1, 0.15) is 26.3 Å². The second-order valence-corrected chi connectivity index (χ2v) is 8.35. The van der Waals surface area contributed by atoms with Crippen LogP contribution in [0.2, 0.25) is 5.02 Å². The summed E-state index contributed by atoms with van der Waals surface area (Å²) in [6.45, 7) is 5.03. The molecular weight excluding hydrogens is 389 g/mol. The highest BCUT2D eigenvalue weighted by atomic mass is 35.5. The minimum absolute atomic E-state index is 0.113. The van der Waals surface area contributed by atoms with Gasteiger partial charge in [-0.1, -0.05) is 41.9 Å². The van der Waals surface area contributed by atoms with Gasteiger partial charge >= 0.3 is 13.7 Å². The molecule has 0 heterocycles. The van der Waals surface area contributed by atoms with E-state index in [4.69, 9.17) is 25.4 Å². The lowest BCUT2D eigenvalue weighted by Crippen LogP contribution is -2.47. The highest BCUT2D eigenvalue weighted by molar-refractivity contribution is 7.52. The van der Waals surface area contributed by atoms with Crippen LogP contribution in [0.4, 0.5) is 0 Å². The van der Waals surface area contributed by atoms with Crippen molar-refractivity contribution >= 4 is 25.3 Å². The van der Waals surface area contributed by atoms with E-state index in [9.17, 15) is 9.36 Å². The van der Waals surface area contributed by atoms with Crippen LogP contribution >= 0.6 is 19.3 Å². The molecule has 8 heteroatoms. The second kappa shape index (κ2) is 9.38. The molecule has 1 atom stereocenters. The summed E-state index contributed by atoms with van der Waals surface area (Å²) >= 11 is 5.84. The standard InChI is InChI=1S/C19H23ClNO5P/c1-4-25-27(23,26-17-12-10-16(20)11-13-17)21-19(2,3)18(22)24-14-15-8-6-5-7-9-15/h5-13H,4,14H2,1-3H3,(H,21,23). The van der Waals surface area contributed by atoms with Gasteiger partial charge in [-0.3, -0.25) is 9.32 Å². The molecule has 2 rings (SSSR count). The van der Waals surface area contributed by atoms with E-state index >= 15 is 0 Å². The number of esters is 1. The second-order valence-electron chi connectivity index (χ2n) is 6.26. The third kappa shape index (κ3) is 6.67. The zero-order chi connectivity index (χ0) is 19.9. The van der Waals surface area contributed by atoms with Crippen LogP contribution in [-0.2, 0) is 25.2 Å². The predicted molar refractivity (Wildman–Crippen MR) is 105 cm³/mol. The molecule has 0 aliphatic carbocycles. The van der Waals surface area contributed by atoms with Gasteiger partial charge in [0.2, 0.25) is 0 Å². The lowest BCUT2D eigenvalue weighted by molar-refractivity contribution is -0.151. The number of hydrogen-bond donors (Lipinski definition) is 1. The smallest absolute Gasteiger partial charge is 0.459 e. The number of benzene rings is 2. The lowest BCUT2D eigenvalue weighted by Gasteiger charge is -2.28. The van der Waals surface area contributed by atoms with Gasteiger partial charge in [0.15, 0.2) is 0 Å². The van der Waals surface area contributed by atoms with Crippen molar-refractivity contribution in [3.63, 3.8) is 0 Å². The van der Waals surface area contributed by atoms with Gasteiger partial charge in [0.05, 0.1) is 6.61 Å². The monoisotopic (exact) mass is 411 g/mol. The molecule has 0 aliphatic heterocycles. The van der Waals surface area contributed by atoms with E-state index in [-0.39, 0.29) is 13.2 Å². The van der Waals surface area contributed by atoms with Gasteiger partial charge in [-0.15, -0.1) is 0 Å². The molecule has 0 fully saturated rings. The number of carbonyl (C=O) groups is 1. The van der Waals surface area contributed by atoms with Crippen LogP contribution in [0, 0.1) is 0 Å². The molecule has 1 unspecified atom stereocenters. The van der Waals surface area contributed by atoms with Crippen LogP contribution in [0.5, 0.6) is 5.75 Å². The molecular formula is C19H23ClNO5P. The van der Waals surface area contributed by atoms with Gasteiger partial charge in [-0.25, -0.2) is 4.57 Å². The highest BCUT2D eigenvalue weighted by Gasteiger charge is 2.40. The van der Waals surface area contributed by atoms with Crippen LogP contribution in [0.25, 0.3) is 0 Å². The number of ether oxygens (including phenoxy) is 1. The summed E-state index contributed by atoms with van der Waals surface area (Å²) in [5.74, 6) is -0.275. The average molecular weight is 412 g/mol. The molecule has 0 amide bonds. The number of rotatable bonds is 9. The van der Waals surface area contributed by atoms with Gasteiger partial charge in [0.1, 0.15) is 17.9 Å². The zero-order valence-corrected chi connectivity index (χ0v) is 17.1. The number of hydrogen-bond acceptors (Lipinski definition) is 5. The molecule has 1 N–H and O–H groups in total. The zero-order valence-electron chi connectivity index (χ0n) is 15.5. The summed E-state index contributed by atoms with van der Waals surface area (Å²) in [6.07, 6.45) is 0. The first-order valence-electron chi connectivity index (χ1n) is 8.44. The van der Waals surface area contributed by atoms with Crippen molar-refractivity contribution in [3.05, 3.63) is 65.2 Å². The molecule has 0 saturated carbocycles. The fourth-order valence-corrected chi connectivity index (χ4v) is 3.98. The Bertz CT molecular complexity index is 796. The van der Waals surface area contributed by atoms with Gasteiger partial charge in [0.25, 0.3) is 0 Å². The van der Waals surface area contributed by atoms with Crippen molar-refractivity contribution in [2.45, 2.75) is 32.9 Å². The van der Waals surface area contributed by atoms with Crippen molar-refractivity contribution in [2.24, 2.45) is 0 Å². The van der Waals surface area contributed by atoms with E-state index in [1.54, 1.807) is 45.0 Å². The molecule has 2 aromatic carbocycles. The molecule has 146 valence electrons. The Morgan fingerprint density at radius 1 is 1.11 bits per heavy atom. The van der Waals surface area contributed by atoms with Gasteiger partial charge in [-0.2, -0.15) is 5.09 Å². The number of halogens is 1. The summed E-state index contributed by atoms with van der Waals surface area (Å²) in [5.41, 5.74) is -0.446. The first kappa shape index (κ1) is 21.5. The summed E-state index contributed by atoms with van der Waals surface area (Å²) in [4.78, 5) is 12.5. The van der Waals surface area contributed by atoms with Crippen LogP contribution in [0.15, 0.2) is 54.6 Å². The van der Waals surface area contributed by atoms with Crippen molar-refractivity contribution in [1.29, 1.82) is 0 Å². The fraction of sp³-hybridized carbons (Fsp3) is 0.316.